The van der Waals surface area contributed by atoms with E-state index in [4.69, 9.17) is 6.42 Å². The second kappa shape index (κ2) is 4.83. The summed E-state index contributed by atoms with van der Waals surface area (Å²) in [6, 6.07) is 6.53. The number of rotatable bonds is 3. The molecule has 1 aromatic carbocycles. The molecule has 1 aromatic rings. The third-order valence-electron chi connectivity index (χ3n) is 2.30. The minimum Gasteiger partial charge on any atom is -0.291 e. The molecule has 0 unspecified atom stereocenters. The molecule has 0 spiro atoms. The van der Waals surface area contributed by atoms with Crippen LogP contribution in [-0.4, -0.2) is 18.5 Å². The van der Waals surface area contributed by atoms with Gasteiger partial charge in [0.1, 0.15) is 0 Å². The van der Waals surface area contributed by atoms with E-state index in [0.29, 0.717) is 6.54 Å². The first-order chi connectivity index (χ1) is 6.63. The first-order valence-corrected chi connectivity index (χ1v) is 4.81. The Hall–Kier alpha value is -1.26. The fourth-order valence-electron chi connectivity index (χ4n) is 1.53. The maximum atomic E-state index is 5.25. The molecule has 0 aliphatic carbocycles. The second-order valence-electron chi connectivity index (χ2n) is 3.81. The Morgan fingerprint density at radius 2 is 2.07 bits per heavy atom. The molecule has 14 heavy (non-hydrogen) atoms. The topological polar surface area (TPSA) is 3.24 Å². The highest BCUT2D eigenvalue weighted by atomic mass is 15.1. The van der Waals surface area contributed by atoms with Gasteiger partial charge in [-0.05, 0) is 32.0 Å². The Labute approximate surface area is 86.7 Å². The van der Waals surface area contributed by atoms with Crippen LogP contribution in [0.4, 0.5) is 0 Å². The molecule has 0 heterocycles. The molecule has 0 N–H and O–H groups in total. The van der Waals surface area contributed by atoms with Gasteiger partial charge in [0.05, 0.1) is 6.54 Å². The highest BCUT2D eigenvalue weighted by molar-refractivity contribution is 5.30. The number of hydrogen-bond donors (Lipinski definition) is 0. The molecule has 0 amide bonds. The molecular weight excluding hydrogens is 170 g/mol. The molecule has 0 saturated carbocycles. The van der Waals surface area contributed by atoms with Crippen LogP contribution in [0.2, 0.25) is 0 Å². The Morgan fingerprint density at radius 1 is 1.36 bits per heavy atom. The minimum absolute atomic E-state index is 0.702. The number of terminal acetylenes is 1. The minimum atomic E-state index is 0.702. The van der Waals surface area contributed by atoms with Crippen LogP contribution < -0.4 is 0 Å². The molecule has 0 saturated heterocycles. The van der Waals surface area contributed by atoms with Crippen molar-refractivity contribution in [1.29, 1.82) is 0 Å². The molecule has 1 nitrogen and oxygen atoms in total. The van der Waals surface area contributed by atoms with Gasteiger partial charge >= 0.3 is 0 Å². The van der Waals surface area contributed by atoms with E-state index in [0.717, 1.165) is 6.54 Å². The van der Waals surface area contributed by atoms with Crippen molar-refractivity contribution in [2.75, 3.05) is 13.6 Å². The van der Waals surface area contributed by atoms with Gasteiger partial charge in [-0.3, -0.25) is 4.90 Å². The Bertz CT molecular complexity index is 347. The average molecular weight is 187 g/mol. The monoisotopic (exact) mass is 187 g/mol. The molecular formula is C13H17N. The summed E-state index contributed by atoms with van der Waals surface area (Å²) < 4.78 is 0. The molecule has 0 bridgehead atoms. The van der Waals surface area contributed by atoms with Crippen molar-refractivity contribution in [3.05, 3.63) is 34.9 Å². The standard InChI is InChI=1S/C13H17N/c1-5-8-14(4)10-13-7-6-11(2)9-12(13)3/h1,6-7,9H,8,10H2,2-4H3. The summed E-state index contributed by atoms with van der Waals surface area (Å²) in [5, 5.41) is 0. The largest absolute Gasteiger partial charge is 0.291 e. The van der Waals surface area contributed by atoms with Gasteiger partial charge in [-0.1, -0.05) is 29.7 Å². The molecule has 1 heteroatoms. The lowest BCUT2D eigenvalue weighted by Crippen LogP contribution is -2.18. The zero-order chi connectivity index (χ0) is 10.6. The first kappa shape index (κ1) is 10.8. The maximum Gasteiger partial charge on any atom is 0.0599 e. The van der Waals surface area contributed by atoms with E-state index in [-0.39, 0.29) is 0 Å². The predicted octanol–water partition coefficient (Wildman–Crippen LogP) is 2.37. The summed E-state index contributed by atoms with van der Waals surface area (Å²) in [4.78, 5) is 2.14. The quantitative estimate of drug-likeness (QED) is 0.657. The van der Waals surface area contributed by atoms with Crippen molar-refractivity contribution in [1.82, 2.24) is 4.90 Å². The fraction of sp³-hybridized carbons (Fsp3) is 0.385. The number of benzene rings is 1. The van der Waals surface area contributed by atoms with E-state index >= 15 is 0 Å². The Balaban J connectivity index is 2.73. The van der Waals surface area contributed by atoms with Crippen LogP contribution in [0.1, 0.15) is 16.7 Å². The van der Waals surface area contributed by atoms with E-state index in [1.54, 1.807) is 0 Å². The van der Waals surface area contributed by atoms with E-state index in [1.165, 1.54) is 16.7 Å². The smallest absolute Gasteiger partial charge is 0.0599 e. The zero-order valence-corrected chi connectivity index (χ0v) is 9.17. The zero-order valence-electron chi connectivity index (χ0n) is 9.17. The van der Waals surface area contributed by atoms with E-state index < -0.39 is 0 Å². The summed E-state index contributed by atoms with van der Waals surface area (Å²) in [7, 11) is 2.04. The van der Waals surface area contributed by atoms with Crippen molar-refractivity contribution in [3.8, 4) is 12.3 Å². The summed E-state index contributed by atoms with van der Waals surface area (Å²) in [5.74, 6) is 2.64. The van der Waals surface area contributed by atoms with Crippen LogP contribution in [0, 0.1) is 26.2 Å². The predicted molar refractivity (Wildman–Crippen MR) is 61.1 cm³/mol. The van der Waals surface area contributed by atoms with Crippen LogP contribution >= 0.6 is 0 Å². The maximum absolute atomic E-state index is 5.25. The molecule has 0 aromatic heterocycles. The van der Waals surface area contributed by atoms with Gasteiger partial charge in [-0.2, -0.15) is 0 Å². The number of hydrogen-bond acceptors (Lipinski definition) is 1. The Kier molecular flexibility index (Phi) is 3.73. The van der Waals surface area contributed by atoms with E-state index in [2.05, 4.69) is 42.9 Å². The third kappa shape index (κ3) is 2.90. The second-order valence-corrected chi connectivity index (χ2v) is 3.81. The van der Waals surface area contributed by atoms with Crippen LogP contribution in [0.5, 0.6) is 0 Å². The van der Waals surface area contributed by atoms with Crippen molar-refractivity contribution in [2.45, 2.75) is 20.4 Å². The van der Waals surface area contributed by atoms with Crippen molar-refractivity contribution < 1.29 is 0 Å². The molecule has 0 radical (unpaired) electrons. The normalized spacial score (nSPS) is 10.2. The van der Waals surface area contributed by atoms with Gasteiger partial charge < -0.3 is 0 Å². The lowest BCUT2D eigenvalue weighted by molar-refractivity contribution is 0.368. The van der Waals surface area contributed by atoms with Gasteiger partial charge in [0, 0.05) is 6.54 Å². The van der Waals surface area contributed by atoms with Crippen LogP contribution in [0.25, 0.3) is 0 Å². The van der Waals surface area contributed by atoms with Gasteiger partial charge in [0.2, 0.25) is 0 Å². The van der Waals surface area contributed by atoms with Gasteiger partial charge in [-0.15, -0.1) is 6.42 Å². The summed E-state index contributed by atoms with van der Waals surface area (Å²) in [5.41, 5.74) is 4.01. The van der Waals surface area contributed by atoms with Crippen LogP contribution in [0.15, 0.2) is 18.2 Å². The number of nitrogens with zero attached hydrogens (tertiary/aromatic N) is 1. The lowest BCUT2D eigenvalue weighted by Gasteiger charge is -2.15. The highest BCUT2D eigenvalue weighted by Crippen LogP contribution is 2.11. The summed E-state index contributed by atoms with van der Waals surface area (Å²) in [6.45, 7) is 5.89. The molecule has 1 rings (SSSR count). The SMILES string of the molecule is C#CCN(C)Cc1ccc(C)cc1C. The average Bonchev–Trinajstić information content (AvgIpc) is 2.10. The lowest BCUT2D eigenvalue weighted by atomic mass is 10.1. The first-order valence-electron chi connectivity index (χ1n) is 4.81. The van der Waals surface area contributed by atoms with Crippen molar-refractivity contribution in [2.24, 2.45) is 0 Å². The third-order valence-corrected chi connectivity index (χ3v) is 2.30. The van der Waals surface area contributed by atoms with E-state index in [1.807, 2.05) is 7.05 Å². The fourth-order valence-corrected chi connectivity index (χ4v) is 1.53. The molecule has 0 fully saturated rings. The van der Waals surface area contributed by atoms with Gasteiger partial charge in [0.25, 0.3) is 0 Å². The van der Waals surface area contributed by atoms with Gasteiger partial charge in [-0.25, -0.2) is 0 Å². The molecule has 74 valence electrons. The van der Waals surface area contributed by atoms with E-state index in [9.17, 15) is 0 Å². The summed E-state index contributed by atoms with van der Waals surface area (Å²) in [6.07, 6.45) is 5.25. The highest BCUT2D eigenvalue weighted by Gasteiger charge is 2.01. The van der Waals surface area contributed by atoms with Crippen molar-refractivity contribution in [3.63, 3.8) is 0 Å². The van der Waals surface area contributed by atoms with Crippen LogP contribution in [-0.2, 0) is 6.54 Å². The van der Waals surface area contributed by atoms with Gasteiger partial charge in [0.15, 0.2) is 0 Å². The molecule has 0 atom stereocenters. The molecule has 0 aliphatic heterocycles. The van der Waals surface area contributed by atoms with Crippen LogP contribution in [0.3, 0.4) is 0 Å². The number of aryl methyl sites for hydroxylation is 2. The summed E-state index contributed by atoms with van der Waals surface area (Å²) >= 11 is 0. The van der Waals surface area contributed by atoms with Crippen molar-refractivity contribution >= 4 is 0 Å². The molecule has 0 aliphatic rings. The Morgan fingerprint density at radius 3 is 2.64 bits per heavy atom.